The molecule has 0 amide bonds. The predicted octanol–water partition coefficient (Wildman–Crippen LogP) is 2.53. The Balaban J connectivity index is 2.27. The summed E-state index contributed by atoms with van der Waals surface area (Å²) in [5.41, 5.74) is 1.38. The number of aliphatic carboxylic acids is 1. The number of carbonyl (C=O) groups excluding carboxylic acids is 1. The van der Waals surface area contributed by atoms with Crippen LogP contribution in [0.15, 0.2) is 60.7 Å². The van der Waals surface area contributed by atoms with Crippen LogP contribution in [-0.4, -0.2) is 37.8 Å². The highest BCUT2D eigenvalue weighted by atomic mass is 32.2. The first-order valence-corrected chi connectivity index (χ1v) is 9.98. The largest absolute Gasteiger partial charge is 0.481 e. The maximum atomic E-state index is 12.6. The monoisotopic (exact) mass is 392 g/mol. The van der Waals surface area contributed by atoms with Crippen molar-refractivity contribution in [3.05, 3.63) is 71.8 Å². The molecule has 8 heteroatoms. The van der Waals surface area contributed by atoms with Gasteiger partial charge in [-0.2, -0.15) is 8.42 Å². The zero-order valence-corrected chi connectivity index (χ0v) is 15.5. The molecule has 0 radical (unpaired) electrons. The van der Waals surface area contributed by atoms with Crippen LogP contribution in [0.1, 0.15) is 30.1 Å². The van der Waals surface area contributed by atoms with Gasteiger partial charge < -0.3 is 9.84 Å². The van der Waals surface area contributed by atoms with Gasteiger partial charge in [-0.1, -0.05) is 60.7 Å². The molecule has 0 aliphatic rings. The molecule has 2 rings (SSSR count). The van der Waals surface area contributed by atoms with Gasteiger partial charge in [0.05, 0.1) is 6.26 Å². The summed E-state index contributed by atoms with van der Waals surface area (Å²) in [6.45, 7) is 0. The van der Waals surface area contributed by atoms with E-state index < -0.39 is 40.7 Å². The van der Waals surface area contributed by atoms with E-state index in [0.717, 1.165) is 6.26 Å². The molecular weight excluding hydrogens is 372 g/mol. The minimum absolute atomic E-state index is 0.322. The van der Waals surface area contributed by atoms with Crippen LogP contribution in [0.2, 0.25) is 0 Å². The maximum absolute atomic E-state index is 12.6. The molecule has 0 spiro atoms. The summed E-state index contributed by atoms with van der Waals surface area (Å²) in [6.07, 6.45) is -2.28. The quantitative estimate of drug-likeness (QED) is 0.516. The first-order chi connectivity index (χ1) is 12.8. The van der Waals surface area contributed by atoms with Crippen molar-refractivity contribution in [3.8, 4) is 0 Å². The standard InChI is InChI=1S/C19H20O7S/c1-27(23,24)26-16(12-13-17(20)21)19(22)25-18(14-8-4-2-5-9-14)15-10-6-3-7-11-15/h2-11,16,18H,12-13H2,1H3,(H,20,21). The molecule has 1 N–H and O–H groups in total. The molecule has 1 unspecified atom stereocenters. The molecule has 0 aromatic heterocycles. The topological polar surface area (TPSA) is 107 Å². The lowest BCUT2D eigenvalue weighted by atomic mass is 10.0. The molecule has 0 fully saturated rings. The fraction of sp³-hybridized carbons (Fsp3) is 0.263. The van der Waals surface area contributed by atoms with Crippen LogP contribution < -0.4 is 0 Å². The first-order valence-electron chi connectivity index (χ1n) is 8.16. The van der Waals surface area contributed by atoms with E-state index >= 15 is 0 Å². The number of hydrogen-bond donors (Lipinski definition) is 1. The van der Waals surface area contributed by atoms with Gasteiger partial charge >= 0.3 is 11.9 Å². The van der Waals surface area contributed by atoms with Gasteiger partial charge in [0.15, 0.2) is 12.2 Å². The fourth-order valence-corrected chi connectivity index (χ4v) is 3.04. The zero-order chi connectivity index (χ0) is 19.9. The van der Waals surface area contributed by atoms with E-state index in [2.05, 4.69) is 0 Å². The molecule has 0 saturated carbocycles. The molecular formula is C19H20O7S. The molecule has 0 aliphatic heterocycles. The Kier molecular flexibility index (Phi) is 7.09. The Morgan fingerprint density at radius 1 is 0.963 bits per heavy atom. The van der Waals surface area contributed by atoms with Crippen LogP contribution in [-0.2, 0) is 28.6 Å². The van der Waals surface area contributed by atoms with Gasteiger partial charge in [-0.3, -0.25) is 8.98 Å². The Hall–Kier alpha value is -2.71. The van der Waals surface area contributed by atoms with Gasteiger partial charge in [-0.05, 0) is 17.5 Å². The van der Waals surface area contributed by atoms with Gasteiger partial charge in [-0.25, -0.2) is 4.79 Å². The number of hydrogen-bond acceptors (Lipinski definition) is 6. The number of benzene rings is 2. The maximum Gasteiger partial charge on any atom is 0.337 e. The van der Waals surface area contributed by atoms with Crippen LogP contribution in [0.5, 0.6) is 0 Å². The molecule has 0 aliphatic carbocycles. The third kappa shape index (κ3) is 6.84. The molecule has 2 aromatic carbocycles. The SMILES string of the molecule is CS(=O)(=O)OC(CCC(=O)O)C(=O)OC(c1ccccc1)c1ccccc1. The van der Waals surface area contributed by atoms with Crippen LogP contribution in [0.4, 0.5) is 0 Å². The number of carboxylic acids is 1. The molecule has 1 atom stereocenters. The lowest BCUT2D eigenvalue weighted by Gasteiger charge is -2.22. The normalized spacial score (nSPS) is 12.5. The molecule has 0 heterocycles. The predicted molar refractivity (Wildman–Crippen MR) is 97.4 cm³/mol. The Bertz CT molecular complexity index is 824. The second kappa shape index (κ2) is 9.29. The van der Waals surface area contributed by atoms with Gasteiger partial charge in [0.25, 0.3) is 10.1 Å². The van der Waals surface area contributed by atoms with Crippen LogP contribution >= 0.6 is 0 Å². The third-order valence-electron chi connectivity index (χ3n) is 3.61. The Labute approximate surface area is 157 Å². The highest BCUT2D eigenvalue weighted by Gasteiger charge is 2.29. The smallest absolute Gasteiger partial charge is 0.337 e. The van der Waals surface area contributed by atoms with Crippen molar-refractivity contribution < 1.29 is 32.0 Å². The number of rotatable bonds is 9. The van der Waals surface area contributed by atoms with E-state index in [-0.39, 0.29) is 6.42 Å². The second-order valence-electron chi connectivity index (χ2n) is 5.86. The van der Waals surface area contributed by atoms with Crippen molar-refractivity contribution in [2.24, 2.45) is 0 Å². The van der Waals surface area contributed by atoms with Gasteiger partial charge in [-0.15, -0.1) is 0 Å². The zero-order valence-electron chi connectivity index (χ0n) is 14.6. The minimum Gasteiger partial charge on any atom is -0.481 e. The molecule has 7 nitrogen and oxygen atoms in total. The number of carbonyl (C=O) groups is 2. The lowest BCUT2D eigenvalue weighted by Crippen LogP contribution is -2.31. The average Bonchev–Trinajstić information content (AvgIpc) is 2.63. The van der Waals surface area contributed by atoms with Crippen molar-refractivity contribution in [2.45, 2.75) is 25.0 Å². The Morgan fingerprint density at radius 2 is 1.44 bits per heavy atom. The van der Waals surface area contributed by atoms with E-state index in [1.54, 1.807) is 48.5 Å². The summed E-state index contributed by atoms with van der Waals surface area (Å²) in [5, 5.41) is 8.82. The summed E-state index contributed by atoms with van der Waals surface area (Å²) < 4.78 is 33.2. The molecule has 144 valence electrons. The van der Waals surface area contributed by atoms with Crippen molar-refractivity contribution in [3.63, 3.8) is 0 Å². The van der Waals surface area contributed by atoms with Crippen LogP contribution in [0, 0.1) is 0 Å². The summed E-state index contributed by atoms with van der Waals surface area (Å²) in [4.78, 5) is 23.4. The molecule has 27 heavy (non-hydrogen) atoms. The molecule has 0 saturated heterocycles. The highest BCUT2D eigenvalue weighted by Crippen LogP contribution is 2.27. The van der Waals surface area contributed by atoms with E-state index in [0.29, 0.717) is 11.1 Å². The van der Waals surface area contributed by atoms with Gasteiger partial charge in [0.2, 0.25) is 0 Å². The van der Waals surface area contributed by atoms with Gasteiger partial charge in [0.1, 0.15) is 0 Å². The van der Waals surface area contributed by atoms with Crippen molar-refractivity contribution >= 4 is 22.1 Å². The lowest BCUT2D eigenvalue weighted by molar-refractivity contribution is -0.156. The molecule has 0 bridgehead atoms. The van der Waals surface area contributed by atoms with E-state index in [1.165, 1.54) is 0 Å². The van der Waals surface area contributed by atoms with E-state index in [1.807, 2.05) is 12.1 Å². The molecule has 2 aromatic rings. The van der Waals surface area contributed by atoms with Crippen molar-refractivity contribution in [1.29, 1.82) is 0 Å². The number of esters is 1. The first kappa shape index (κ1) is 20.6. The average molecular weight is 392 g/mol. The van der Waals surface area contributed by atoms with Crippen LogP contribution in [0.3, 0.4) is 0 Å². The second-order valence-corrected chi connectivity index (χ2v) is 7.46. The van der Waals surface area contributed by atoms with Gasteiger partial charge in [0, 0.05) is 6.42 Å². The van der Waals surface area contributed by atoms with Crippen molar-refractivity contribution in [2.75, 3.05) is 6.26 Å². The summed E-state index contributed by atoms with van der Waals surface area (Å²) >= 11 is 0. The third-order valence-corrected chi connectivity index (χ3v) is 4.19. The summed E-state index contributed by atoms with van der Waals surface area (Å²) in [7, 11) is -3.98. The number of carboxylic acid groups (broad SMARTS) is 1. The highest BCUT2D eigenvalue weighted by molar-refractivity contribution is 7.86. The Morgan fingerprint density at radius 3 is 1.85 bits per heavy atom. The summed E-state index contributed by atoms with van der Waals surface area (Å²) in [6, 6.07) is 17.9. The van der Waals surface area contributed by atoms with E-state index in [4.69, 9.17) is 14.0 Å². The van der Waals surface area contributed by atoms with E-state index in [9.17, 15) is 18.0 Å². The van der Waals surface area contributed by atoms with Crippen LogP contribution in [0.25, 0.3) is 0 Å². The number of ether oxygens (including phenoxy) is 1. The minimum atomic E-state index is -3.98. The van der Waals surface area contributed by atoms with Crippen molar-refractivity contribution in [1.82, 2.24) is 0 Å². The summed E-state index contributed by atoms with van der Waals surface area (Å²) in [5.74, 6) is -2.12. The fourth-order valence-electron chi connectivity index (χ4n) is 2.45.